The molecule has 3 nitrogen and oxygen atoms in total. The van der Waals surface area contributed by atoms with E-state index in [1.165, 1.54) is 5.56 Å². The van der Waals surface area contributed by atoms with Gasteiger partial charge in [-0.3, -0.25) is 9.89 Å². The predicted octanol–water partition coefficient (Wildman–Crippen LogP) is 3.55. The summed E-state index contributed by atoms with van der Waals surface area (Å²) in [6.07, 6.45) is 1.82. The molecule has 0 atom stereocenters. The predicted molar refractivity (Wildman–Crippen MR) is 79.2 cm³/mol. The van der Waals surface area contributed by atoms with Gasteiger partial charge in [0.2, 0.25) is 0 Å². The summed E-state index contributed by atoms with van der Waals surface area (Å²) in [6, 6.07) is 8.01. The van der Waals surface area contributed by atoms with Crippen LogP contribution in [-0.2, 0) is 6.42 Å². The van der Waals surface area contributed by atoms with Crippen molar-refractivity contribution in [3.8, 4) is 5.69 Å². The quantitative estimate of drug-likeness (QED) is 0.894. The highest BCUT2D eigenvalue weighted by Crippen LogP contribution is 2.17. The zero-order valence-corrected chi connectivity index (χ0v) is 12.2. The Morgan fingerprint density at radius 1 is 1.21 bits per heavy atom. The lowest BCUT2D eigenvalue weighted by Gasteiger charge is -2.05. The molecule has 0 spiro atoms. The van der Waals surface area contributed by atoms with E-state index in [2.05, 4.69) is 25.9 Å². The number of nitrogens with one attached hydrogen (secondary N) is 1. The van der Waals surface area contributed by atoms with Crippen LogP contribution in [0.15, 0.2) is 29.1 Å². The highest BCUT2D eigenvalue weighted by atomic mass is 16.1. The van der Waals surface area contributed by atoms with Crippen molar-refractivity contribution in [2.24, 2.45) is 0 Å². The zero-order valence-electron chi connectivity index (χ0n) is 12.2. The molecule has 0 bridgehead atoms. The van der Waals surface area contributed by atoms with Gasteiger partial charge in [-0.1, -0.05) is 44.9 Å². The number of aryl methyl sites for hydroxylation is 1. The van der Waals surface area contributed by atoms with E-state index in [-0.39, 0.29) is 5.56 Å². The maximum atomic E-state index is 12.5. The molecule has 102 valence electrons. The van der Waals surface area contributed by atoms with Crippen LogP contribution in [0.25, 0.3) is 5.69 Å². The van der Waals surface area contributed by atoms with E-state index in [9.17, 15) is 4.79 Å². The van der Waals surface area contributed by atoms with Gasteiger partial charge in [-0.2, -0.15) is 0 Å². The first-order valence-corrected chi connectivity index (χ1v) is 6.95. The molecule has 0 amide bonds. The summed E-state index contributed by atoms with van der Waals surface area (Å²) >= 11 is 0. The van der Waals surface area contributed by atoms with Gasteiger partial charge in [0, 0.05) is 11.3 Å². The second-order valence-electron chi connectivity index (χ2n) is 5.38. The van der Waals surface area contributed by atoms with E-state index < -0.39 is 0 Å². The molecule has 2 aromatic rings. The maximum Gasteiger partial charge on any atom is 0.274 e. The normalized spacial score (nSPS) is 11.2. The lowest BCUT2D eigenvalue weighted by Crippen LogP contribution is -2.17. The number of H-pyrrole nitrogens is 1. The summed E-state index contributed by atoms with van der Waals surface area (Å²) in [4.78, 5) is 12.5. The number of rotatable bonds is 4. The summed E-state index contributed by atoms with van der Waals surface area (Å²) in [7, 11) is 0. The minimum atomic E-state index is 0.0920. The minimum Gasteiger partial charge on any atom is -0.294 e. The molecule has 3 heteroatoms. The third-order valence-corrected chi connectivity index (χ3v) is 3.39. The Labute approximate surface area is 114 Å². The van der Waals surface area contributed by atoms with Crippen molar-refractivity contribution in [3.05, 3.63) is 51.4 Å². The van der Waals surface area contributed by atoms with Crippen LogP contribution in [0, 0.1) is 6.92 Å². The number of hydrogen-bond acceptors (Lipinski definition) is 1. The molecular weight excluding hydrogens is 236 g/mol. The second kappa shape index (κ2) is 5.47. The molecule has 0 saturated heterocycles. The van der Waals surface area contributed by atoms with Crippen LogP contribution in [0.1, 0.15) is 49.9 Å². The topological polar surface area (TPSA) is 37.8 Å². The number of aromatic nitrogens is 2. The van der Waals surface area contributed by atoms with E-state index in [1.807, 2.05) is 31.2 Å². The van der Waals surface area contributed by atoms with E-state index >= 15 is 0 Å². The molecule has 0 unspecified atom stereocenters. The highest BCUT2D eigenvalue weighted by molar-refractivity contribution is 5.35. The Balaban J connectivity index is 2.55. The van der Waals surface area contributed by atoms with Gasteiger partial charge in [0.15, 0.2) is 0 Å². The third kappa shape index (κ3) is 2.65. The molecule has 1 aromatic carbocycles. The van der Waals surface area contributed by atoms with Crippen molar-refractivity contribution < 1.29 is 0 Å². The molecule has 0 aliphatic carbocycles. The Hall–Kier alpha value is -1.77. The summed E-state index contributed by atoms with van der Waals surface area (Å²) in [5.74, 6) is 0.334. The van der Waals surface area contributed by atoms with Gasteiger partial charge in [-0.15, -0.1) is 0 Å². The summed E-state index contributed by atoms with van der Waals surface area (Å²) in [5.41, 5.74) is 4.18. The first-order valence-electron chi connectivity index (χ1n) is 6.95. The molecule has 1 aromatic heterocycles. The highest BCUT2D eigenvalue weighted by Gasteiger charge is 2.16. The van der Waals surface area contributed by atoms with Gasteiger partial charge in [0.05, 0.1) is 5.69 Å². The number of nitrogens with zero attached hydrogens (tertiary/aromatic N) is 1. The van der Waals surface area contributed by atoms with Crippen molar-refractivity contribution in [2.75, 3.05) is 0 Å². The molecule has 0 aliphatic rings. The van der Waals surface area contributed by atoms with Crippen LogP contribution >= 0.6 is 0 Å². The van der Waals surface area contributed by atoms with Crippen molar-refractivity contribution in [1.29, 1.82) is 0 Å². The Kier molecular flexibility index (Phi) is 3.93. The maximum absolute atomic E-state index is 12.5. The van der Waals surface area contributed by atoms with E-state index in [1.54, 1.807) is 4.68 Å². The van der Waals surface area contributed by atoms with Crippen molar-refractivity contribution in [3.63, 3.8) is 0 Å². The molecule has 0 radical (unpaired) electrons. The average Bonchev–Trinajstić information content (AvgIpc) is 2.69. The summed E-state index contributed by atoms with van der Waals surface area (Å²) in [6.45, 7) is 8.38. The minimum absolute atomic E-state index is 0.0920. The molecule has 0 aliphatic heterocycles. The third-order valence-electron chi connectivity index (χ3n) is 3.39. The van der Waals surface area contributed by atoms with Gasteiger partial charge in [-0.25, -0.2) is 4.68 Å². The Bertz CT molecular complexity index is 603. The molecular formula is C16H22N2O. The van der Waals surface area contributed by atoms with Gasteiger partial charge in [0.1, 0.15) is 0 Å². The fourth-order valence-electron chi connectivity index (χ4n) is 2.33. The molecule has 19 heavy (non-hydrogen) atoms. The first-order chi connectivity index (χ1) is 9.04. The second-order valence-corrected chi connectivity index (χ2v) is 5.38. The summed E-state index contributed by atoms with van der Waals surface area (Å²) < 4.78 is 1.67. The fraction of sp³-hybridized carbons (Fsp3) is 0.438. The Morgan fingerprint density at radius 2 is 1.84 bits per heavy atom. The molecule has 2 rings (SSSR count). The summed E-state index contributed by atoms with van der Waals surface area (Å²) in [5, 5.41) is 3.27. The lowest BCUT2D eigenvalue weighted by atomic mass is 10.0. The van der Waals surface area contributed by atoms with Crippen LogP contribution in [-0.4, -0.2) is 9.78 Å². The number of hydrogen-bond donors (Lipinski definition) is 1. The molecule has 0 saturated carbocycles. The van der Waals surface area contributed by atoms with Gasteiger partial charge < -0.3 is 0 Å². The standard InChI is InChI=1S/C16H22N2O/c1-5-6-14-15(11(2)3)17-18(16(14)19)13-9-7-12(4)8-10-13/h7-11,17H,5-6H2,1-4H3. The molecule has 0 fully saturated rings. The van der Waals surface area contributed by atoms with Gasteiger partial charge >= 0.3 is 0 Å². The fourth-order valence-corrected chi connectivity index (χ4v) is 2.33. The molecule has 1 heterocycles. The van der Waals surface area contributed by atoms with Crippen LogP contribution < -0.4 is 5.56 Å². The van der Waals surface area contributed by atoms with Crippen LogP contribution in [0.2, 0.25) is 0 Å². The lowest BCUT2D eigenvalue weighted by molar-refractivity contribution is 0.754. The van der Waals surface area contributed by atoms with Gasteiger partial charge in [-0.05, 0) is 31.4 Å². The van der Waals surface area contributed by atoms with E-state index in [0.29, 0.717) is 5.92 Å². The average molecular weight is 258 g/mol. The smallest absolute Gasteiger partial charge is 0.274 e. The van der Waals surface area contributed by atoms with Crippen molar-refractivity contribution in [2.45, 2.75) is 46.5 Å². The number of aromatic amines is 1. The zero-order chi connectivity index (χ0) is 14.0. The van der Waals surface area contributed by atoms with Crippen molar-refractivity contribution in [1.82, 2.24) is 9.78 Å². The largest absolute Gasteiger partial charge is 0.294 e. The molecule has 1 N–H and O–H groups in total. The SMILES string of the molecule is CCCc1c(C(C)C)[nH]n(-c2ccc(C)cc2)c1=O. The first kappa shape index (κ1) is 13.7. The monoisotopic (exact) mass is 258 g/mol. The van der Waals surface area contributed by atoms with Crippen molar-refractivity contribution >= 4 is 0 Å². The van der Waals surface area contributed by atoms with Crippen LogP contribution in [0.4, 0.5) is 0 Å². The van der Waals surface area contributed by atoms with Gasteiger partial charge in [0.25, 0.3) is 5.56 Å². The van der Waals surface area contributed by atoms with Crippen LogP contribution in [0.3, 0.4) is 0 Å². The van der Waals surface area contributed by atoms with E-state index in [0.717, 1.165) is 29.8 Å². The van der Waals surface area contributed by atoms with E-state index in [4.69, 9.17) is 0 Å². The Morgan fingerprint density at radius 3 is 2.37 bits per heavy atom. The number of benzene rings is 1. The van der Waals surface area contributed by atoms with Crippen LogP contribution in [0.5, 0.6) is 0 Å².